The van der Waals surface area contributed by atoms with Crippen LogP contribution >= 0.6 is 0 Å². The molecule has 3 rings (SSSR count). The summed E-state index contributed by atoms with van der Waals surface area (Å²) in [5.74, 6) is 0.433. The maximum atomic E-state index is 12.3. The first kappa shape index (κ1) is 15.0. The first-order valence-electron chi connectivity index (χ1n) is 7.58. The van der Waals surface area contributed by atoms with Gasteiger partial charge in [0.05, 0.1) is 6.54 Å². The summed E-state index contributed by atoms with van der Waals surface area (Å²) in [7, 11) is 0. The minimum Gasteiger partial charge on any atom is -0.305 e. The second kappa shape index (κ2) is 6.48. The lowest BCUT2D eigenvalue weighted by Crippen LogP contribution is -2.13. The third-order valence-electron chi connectivity index (χ3n) is 3.68. The van der Waals surface area contributed by atoms with Gasteiger partial charge in [0.1, 0.15) is 0 Å². The molecule has 1 heterocycles. The summed E-state index contributed by atoms with van der Waals surface area (Å²) in [5, 5.41) is 7.34. The fraction of sp³-hybridized carbons (Fsp3) is 0.158. The lowest BCUT2D eigenvalue weighted by atomic mass is 10.1. The van der Waals surface area contributed by atoms with Crippen LogP contribution < -0.4 is 5.32 Å². The fourth-order valence-electron chi connectivity index (χ4n) is 2.46. The average molecular weight is 305 g/mol. The second-order valence-electron chi connectivity index (χ2n) is 5.64. The first-order chi connectivity index (χ1) is 11.1. The number of amides is 1. The third kappa shape index (κ3) is 3.66. The number of nitrogens with zero attached hydrogens (tertiary/aromatic N) is 2. The lowest BCUT2D eigenvalue weighted by Gasteiger charge is -2.04. The van der Waals surface area contributed by atoms with Crippen molar-refractivity contribution < 1.29 is 4.79 Å². The lowest BCUT2D eigenvalue weighted by molar-refractivity contribution is 0.102. The van der Waals surface area contributed by atoms with Gasteiger partial charge >= 0.3 is 0 Å². The van der Waals surface area contributed by atoms with Gasteiger partial charge in [-0.1, -0.05) is 48.0 Å². The Morgan fingerprint density at radius 2 is 1.83 bits per heavy atom. The van der Waals surface area contributed by atoms with Crippen molar-refractivity contribution in [2.24, 2.45) is 0 Å². The van der Waals surface area contributed by atoms with Crippen LogP contribution in [0.1, 0.15) is 27.2 Å². The van der Waals surface area contributed by atoms with Gasteiger partial charge in [-0.2, -0.15) is 5.10 Å². The molecule has 3 aromatic rings. The minimum atomic E-state index is -0.141. The maximum absolute atomic E-state index is 12.3. The van der Waals surface area contributed by atoms with E-state index in [0.717, 1.165) is 11.3 Å². The molecule has 0 spiro atoms. The molecule has 0 radical (unpaired) electrons. The molecule has 0 atom stereocenters. The van der Waals surface area contributed by atoms with Gasteiger partial charge in [0.15, 0.2) is 5.82 Å². The van der Waals surface area contributed by atoms with E-state index >= 15 is 0 Å². The van der Waals surface area contributed by atoms with Gasteiger partial charge < -0.3 is 5.32 Å². The number of benzene rings is 2. The Bertz CT molecular complexity index is 822. The zero-order valence-corrected chi connectivity index (χ0v) is 13.3. The molecular weight excluding hydrogens is 286 g/mol. The van der Waals surface area contributed by atoms with E-state index in [9.17, 15) is 4.79 Å². The molecule has 0 aliphatic rings. The van der Waals surface area contributed by atoms with Gasteiger partial charge in [0.25, 0.3) is 5.91 Å². The monoisotopic (exact) mass is 305 g/mol. The van der Waals surface area contributed by atoms with Gasteiger partial charge in [-0.05, 0) is 31.5 Å². The Morgan fingerprint density at radius 1 is 1.04 bits per heavy atom. The topological polar surface area (TPSA) is 46.9 Å². The SMILES string of the molecule is Cc1cccc(C(=O)Nc2cc(C)n(Cc3ccccc3)n2)c1. The number of hydrogen-bond acceptors (Lipinski definition) is 2. The van der Waals surface area contributed by atoms with Gasteiger partial charge in [-0.15, -0.1) is 0 Å². The number of aryl methyl sites for hydroxylation is 2. The van der Waals surface area contributed by atoms with E-state index in [1.54, 1.807) is 6.07 Å². The van der Waals surface area contributed by atoms with E-state index in [1.807, 2.05) is 61.0 Å². The van der Waals surface area contributed by atoms with E-state index < -0.39 is 0 Å². The van der Waals surface area contributed by atoms with Crippen LogP contribution in [0, 0.1) is 13.8 Å². The second-order valence-corrected chi connectivity index (χ2v) is 5.64. The Hall–Kier alpha value is -2.88. The summed E-state index contributed by atoms with van der Waals surface area (Å²) in [6.07, 6.45) is 0. The normalized spacial score (nSPS) is 10.5. The average Bonchev–Trinajstić information content (AvgIpc) is 2.88. The maximum Gasteiger partial charge on any atom is 0.256 e. The first-order valence-corrected chi connectivity index (χ1v) is 7.58. The van der Waals surface area contributed by atoms with Crippen molar-refractivity contribution >= 4 is 11.7 Å². The van der Waals surface area contributed by atoms with Crippen LogP contribution in [0.2, 0.25) is 0 Å². The van der Waals surface area contributed by atoms with Crippen molar-refractivity contribution in [3.8, 4) is 0 Å². The highest BCUT2D eigenvalue weighted by Gasteiger charge is 2.10. The van der Waals surface area contributed by atoms with Gasteiger partial charge in [-0.3, -0.25) is 9.48 Å². The van der Waals surface area contributed by atoms with E-state index in [1.165, 1.54) is 5.56 Å². The van der Waals surface area contributed by atoms with Crippen LogP contribution in [0.5, 0.6) is 0 Å². The summed E-state index contributed by atoms with van der Waals surface area (Å²) in [6, 6.07) is 19.5. The summed E-state index contributed by atoms with van der Waals surface area (Å²) in [6.45, 7) is 4.64. The molecule has 0 aliphatic heterocycles. The highest BCUT2D eigenvalue weighted by molar-refractivity contribution is 6.03. The van der Waals surface area contributed by atoms with Crippen LogP contribution in [-0.2, 0) is 6.54 Å². The standard InChI is InChI=1S/C19H19N3O/c1-14-7-6-10-17(11-14)19(23)20-18-12-15(2)22(21-18)13-16-8-4-3-5-9-16/h3-12H,13H2,1-2H3,(H,20,21,23). The molecule has 23 heavy (non-hydrogen) atoms. The van der Waals surface area contributed by atoms with Gasteiger partial charge in [0, 0.05) is 17.3 Å². The van der Waals surface area contributed by atoms with Crippen molar-refractivity contribution in [1.29, 1.82) is 0 Å². The van der Waals surface area contributed by atoms with E-state index in [0.29, 0.717) is 17.9 Å². The molecule has 2 aromatic carbocycles. The Labute approximate surface area is 135 Å². The minimum absolute atomic E-state index is 0.141. The summed E-state index contributed by atoms with van der Waals surface area (Å²) < 4.78 is 1.89. The van der Waals surface area contributed by atoms with Crippen molar-refractivity contribution in [3.05, 3.63) is 83.0 Å². The van der Waals surface area contributed by atoms with E-state index in [2.05, 4.69) is 22.5 Å². The molecule has 0 saturated heterocycles. The zero-order valence-electron chi connectivity index (χ0n) is 13.3. The zero-order chi connectivity index (χ0) is 16.2. The Kier molecular flexibility index (Phi) is 4.24. The molecule has 0 unspecified atom stereocenters. The molecule has 116 valence electrons. The number of rotatable bonds is 4. The third-order valence-corrected chi connectivity index (χ3v) is 3.68. The summed E-state index contributed by atoms with van der Waals surface area (Å²) >= 11 is 0. The summed E-state index contributed by atoms with van der Waals surface area (Å²) in [5.41, 5.74) is 3.88. The Morgan fingerprint density at radius 3 is 2.57 bits per heavy atom. The number of nitrogens with one attached hydrogen (secondary N) is 1. The molecular formula is C19H19N3O. The number of hydrogen-bond donors (Lipinski definition) is 1. The molecule has 1 N–H and O–H groups in total. The molecule has 0 aliphatic carbocycles. The van der Waals surface area contributed by atoms with Gasteiger partial charge in [0.2, 0.25) is 0 Å². The number of carbonyl (C=O) groups excluding carboxylic acids is 1. The van der Waals surface area contributed by atoms with E-state index in [-0.39, 0.29) is 5.91 Å². The number of anilines is 1. The largest absolute Gasteiger partial charge is 0.305 e. The molecule has 0 bridgehead atoms. The molecule has 4 nitrogen and oxygen atoms in total. The molecule has 0 fully saturated rings. The number of aromatic nitrogens is 2. The molecule has 4 heteroatoms. The van der Waals surface area contributed by atoms with Crippen LogP contribution in [0.3, 0.4) is 0 Å². The fourth-order valence-corrected chi connectivity index (χ4v) is 2.46. The highest BCUT2D eigenvalue weighted by Crippen LogP contribution is 2.13. The van der Waals surface area contributed by atoms with Gasteiger partial charge in [-0.25, -0.2) is 0 Å². The summed E-state index contributed by atoms with van der Waals surface area (Å²) in [4.78, 5) is 12.3. The molecule has 0 saturated carbocycles. The van der Waals surface area contributed by atoms with Crippen LogP contribution in [-0.4, -0.2) is 15.7 Å². The van der Waals surface area contributed by atoms with Crippen molar-refractivity contribution in [1.82, 2.24) is 9.78 Å². The van der Waals surface area contributed by atoms with Crippen molar-refractivity contribution in [3.63, 3.8) is 0 Å². The quantitative estimate of drug-likeness (QED) is 0.797. The number of carbonyl (C=O) groups is 1. The van der Waals surface area contributed by atoms with Crippen molar-refractivity contribution in [2.45, 2.75) is 20.4 Å². The van der Waals surface area contributed by atoms with E-state index in [4.69, 9.17) is 0 Å². The van der Waals surface area contributed by atoms with Crippen LogP contribution in [0.4, 0.5) is 5.82 Å². The predicted octanol–water partition coefficient (Wildman–Crippen LogP) is 3.80. The highest BCUT2D eigenvalue weighted by atomic mass is 16.1. The smallest absolute Gasteiger partial charge is 0.256 e. The Balaban J connectivity index is 1.74. The molecule has 1 amide bonds. The molecule has 1 aromatic heterocycles. The van der Waals surface area contributed by atoms with Crippen LogP contribution in [0.25, 0.3) is 0 Å². The van der Waals surface area contributed by atoms with Crippen molar-refractivity contribution in [2.75, 3.05) is 5.32 Å². The predicted molar refractivity (Wildman–Crippen MR) is 91.6 cm³/mol. The van der Waals surface area contributed by atoms with Crippen LogP contribution in [0.15, 0.2) is 60.7 Å².